The molecule has 0 aromatic carbocycles. The molecule has 0 aliphatic heterocycles. The number of unbranched alkanes of at least 4 members (excludes halogenated alkanes) is 1. The number of aliphatic imine (C=N–C) groups is 1. The summed E-state index contributed by atoms with van der Waals surface area (Å²) in [5, 5.41) is 9.55. The van der Waals surface area contributed by atoms with Crippen molar-refractivity contribution in [3.8, 4) is 0 Å². The first-order valence-corrected chi connectivity index (χ1v) is 10.0. The lowest BCUT2D eigenvalue weighted by atomic mass is 10.2. The molecule has 142 valence electrons. The number of nitrogens with zero attached hydrogens (tertiary/aromatic N) is 1. The van der Waals surface area contributed by atoms with Crippen molar-refractivity contribution in [2.75, 3.05) is 38.2 Å². The van der Waals surface area contributed by atoms with E-state index in [0.29, 0.717) is 19.1 Å². The molecule has 0 saturated heterocycles. The molecule has 0 radical (unpaired) electrons. The van der Waals surface area contributed by atoms with Crippen molar-refractivity contribution in [3.63, 3.8) is 0 Å². The fraction of sp³-hybridized carbons (Fsp3) is 0.875. The van der Waals surface area contributed by atoms with E-state index >= 15 is 0 Å². The monoisotopic (exact) mass is 472 g/mol. The van der Waals surface area contributed by atoms with Crippen LogP contribution in [-0.4, -0.2) is 56.3 Å². The molecule has 0 aromatic rings. The lowest BCUT2D eigenvalue weighted by Crippen LogP contribution is -2.42. The van der Waals surface area contributed by atoms with E-state index in [2.05, 4.69) is 34.1 Å². The first-order chi connectivity index (χ1) is 11.2. The Morgan fingerprint density at radius 2 is 2.04 bits per heavy atom. The van der Waals surface area contributed by atoms with Crippen LogP contribution < -0.4 is 16.0 Å². The van der Waals surface area contributed by atoms with E-state index in [4.69, 9.17) is 4.74 Å². The average Bonchev–Trinajstić information content (AvgIpc) is 3.36. The quantitative estimate of drug-likeness (QED) is 0.187. The van der Waals surface area contributed by atoms with Gasteiger partial charge in [-0.15, -0.1) is 24.0 Å². The fourth-order valence-electron chi connectivity index (χ4n) is 2.24. The number of carbonyl (C=O) groups is 1. The molecule has 1 aliphatic rings. The molecule has 0 aromatic heterocycles. The summed E-state index contributed by atoms with van der Waals surface area (Å²) in [6.45, 7) is 6.60. The Morgan fingerprint density at radius 1 is 1.29 bits per heavy atom. The highest BCUT2D eigenvalue weighted by Crippen LogP contribution is 2.32. The third-order valence-corrected chi connectivity index (χ3v) is 4.32. The number of guanidine groups is 1. The standard InChI is InChI=1S/C16H32N4O2S.HI/c1-4-17-15(18-10-6-7-11-23-3)19-12-14(13-8-9-13)20-16(21)22-5-2;/h13-14H,4-12H2,1-3H3,(H,20,21)(H2,17,18,19);1H. The van der Waals surface area contributed by atoms with Gasteiger partial charge in [0.25, 0.3) is 0 Å². The lowest BCUT2D eigenvalue weighted by Gasteiger charge is -2.17. The van der Waals surface area contributed by atoms with Gasteiger partial charge in [-0.3, -0.25) is 4.99 Å². The summed E-state index contributed by atoms with van der Waals surface area (Å²) >= 11 is 1.88. The third kappa shape index (κ3) is 11.2. The molecule has 1 unspecified atom stereocenters. The Hall–Kier alpha value is -0.380. The van der Waals surface area contributed by atoms with Gasteiger partial charge in [-0.25, -0.2) is 4.79 Å². The molecule has 6 nitrogen and oxygen atoms in total. The molecule has 3 N–H and O–H groups in total. The second kappa shape index (κ2) is 14.9. The topological polar surface area (TPSA) is 74.8 Å². The van der Waals surface area contributed by atoms with Crippen LogP contribution in [0.3, 0.4) is 0 Å². The first-order valence-electron chi connectivity index (χ1n) is 8.65. The number of nitrogens with one attached hydrogen (secondary N) is 3. The van der Waals surface area contributed by atoms with Crippen LogP contribution in [0.4, 0.5) is 4.79 Å². The zero-order valence-electron chi connectivity index (χ0n) is 15.1. The number of carbonyl (C=O) groups excluding carboxylic acids is 1. The smallest absolute Gasteiger partial charge is 0.407 e. The molecule has 1 amide bonds. The summed E-state index contributed by atoms with van der Waals surface area (Å²) < 4.78 is 4.98. The number of halogens is 1. The minimum absolute atomic E-state index is 0. The van der Waals surface area contributed by atoms with Gasteiger partial charge in [-0.05, 0) is 57.5 Å². The van der Waals surface area contributed by atoms with E-state index in [1.807, 2.05) is 18.7 Å². The molecule has 1 rings (SSSR count). The van der Waals surface area contributed by atoms with Gasteiger partial charge < -0.3 is 20.7 Å². The van der Waals surface area contributed by atoms with E-state index in [-0.39, 0.29) is 36.1 Å². The number of amides is 1. The highest BCUT2D eigenvalue weighted by molar-refractivity contribution is 14.0. The Bertz CT molecular complexity index is 368. The largest absolute Gasteiger partial charge is 0.450 e. The van der Waals surface area contributed by atoms with Crippen molar-refractivity contribution >= 4 is 47.8 Å². The molecule has 0 bridgehead atoms. The number of alkyl carbamates (subject to hydrolysis) is 1. The minimum atomic E-state index is -0.338. The Morgan fingerprint density at radius 3 is 2.62 bits per heavy atom. The van der Waals surface area contributed by atoms with Crippen molar-refractivity contribution in [2.45, 2.75) is 45.6 Å². The molecule has 0 heterocycles. The van der Waals surface area contributed by atoms with Crippen molar-refractivity contribution in [3.05, 3.63) is 0 Å². The second-order valence-electron chi connectivity index (χ2n) is 5.66. The van der Waals surface area contributed by atoms with Gasteiger partial charge in [0.2, 0.25) is 0 Å². The second-order valence-corrected chi connectivity index (χ2v) is 6.64. The zero-order valence-corrected chi connectivity index (χ0v) is 18.2. The van der Waals surface area contributed by atoms with Gasteiger partial charge in [0, 0.05) is 13.1 Å². The summed E-state index contributed by atoms with van der Waals surface area (Å²) in [6.07, 6.45) is 6.46. The first kappa shape index (κ1) is 23.6. The molecular formula is C16H33IN4O2S. The fourth-order valence-corrected chi connectivity index (χ4v) is 2.74. The van der Waals surface area contributed by atoms with E-state index < -0.39 is 0 Å². The molecule has 1 aliphatic carbocycles. The normalized spacial score (nSPS) is 15.2. The zero-order chi connectivity index (χ0) is 16.9. The maximum atomic E-state index is 11.6. The van der Waals surface area contributed by atoms with Gasteiger partial charge in [0.05, 0.1) is 19.2 Å². The predicted molar refractivity (Wildman–Crippen MR) is 114 cm³/mol. The maximum absolute atomic E-state index is 11.6. The van der Waals surface area contributed by atoms with Crippen LogP contribution in [0.15, 0.2) is 4.99 Å². The van der Waals surface area contributed by atoms with E-state index in [0.717, 1.165) is 38.3 Å². The van der Waals surface area contributed by atoms with Crippen LogP contribution in [0.5, 0.6) is 0 Å². The lowest BCUT2D eigenvalue weighted by molar-refractivity contribution is 0.147. The SMILES string of the molecule is CCNC(=NCC(NC(=O)OCC)C1CC1)NCCCCSC.I. The summed E-state index contributed by atoms with van der Waals surface area (Å²) in [6, 6.07) is 0.0704. The van der Waals surface area contributed by atoms with Crippen LogP contribution >= 0.6 is 35.7 Å². The van der Waals surface area contributed by atoms with E-state index in [9.17, 15) is 4.79 Å². The molecule has 24 heavy (non-hydrogen) atoms. The van der Waals surface area contributed by atoms with Crippen LogP contribution in [0, 0.1) is 5.92 Å². The molecule has 8 heteroatoms. The molecular weight excluding hydrogens is 439 g/mol. The highest BCUT2D eigenvalue weighted by Gasteiger charge is 2.32. The number of thioether (sulfide) groups is 1. The minimum Gasteiger partial charge on any atom is -0.450 e. The summed E-state index contributed by atoms with van der Waals surface area (Å²) in [4.78, 5) is 16.2. The number of rotatable bonds is 11. The Balaban J connectivity index is 0.00000529. The number of hydrogen-bond donors (Lipinski definition) is 3. The van der Waals surface area contributed by atoms with Gasteiger partial charge >= 0.3 is 6.09 Å². The van der Waals surface area contributed by atoms with Crippen molar-refractivity contribution in [1.29, 1.82) is 0 Å². The van der Waals surface area contributed by atoms with Crippen LogP contribution in [0.2, 0.25) is 0 Å². The molecule has 0 spiro atoms. The van der Waals surface area contributed by atoms with Gasteiger partial charge in [-0.1, -0.05) is 0 Å². The number of hydrogen-bond acceptors (Lipinski definition) is 4. The summed E-state index contributed by atoms with van der Waals surface area (Å²) in [5.41, 5.74) is 0. The van der Waals surface area contributed by atoms with E-state index in [1.54, 1.807) is 0 Å². The predicted octanol–water partition coefficient (Wildman–Crippen LogP) is 2.83. The van der Waals surface area contributed by atoms with Gasteiger partial charge in [0.15, 0.2) is 5.96 Å². The molecule has 1 saturated carbocycles. The van der Waals surface area contributed by atoms with Crippen LogP contribution in [0.25, 0.3) is 0 Å². The van der Waals surface area contributed by atoms with Crippen molar-refractivity contribution in [1.82, 2.24) is 16.0 Å². The molecule has 1 fully saturated rings. The third-order valence-electron chi connectivity index (χ3n) is 3.63. The van der Waals surface area contributed by atoms with Crippen molar-refractivity contribution in [2.24, 2.45) is 10.9 Å². The molecule has 1 atom stereocenters. The van der Waals surface area contributed by atoms with Crippen LogP contribution in [0.1, 0.15) is 39.5 Å². The Labute approximate surface area is 167 Å². The van der Waals surface area contributed by atoms with Crippen molar-refractivity contribution < 1.29 is 9.53 Å². The Kier molecular flexibility index (Phi) is 14.7. The maximum Gasteiger partial charge on any atom is 0.407 e. The average molecular weight is 472 g/mol. The number of ether oxygens (including phenoxy) is 1. The summed E-state index contributed by atoms with van der Waals surface area (Å²) in [5.74, 6) is 2.56. The van der Waals surface area contributed by atoms with Gasteiger partial charge in [0.1, 0.15) is 0 Å². The summed E-state index contributed by atoms with van der Waals surface area (Å²) in [7, 11) is 0. The van der Waals surface area contributed by atoms with Gasteiger partial charge in [-0.2, -0.15) is 11.8 Å². The van der Waals surface area contributed by atoms with Crippen LogP contribution in [-0.2, 0) is 4.74 Å². The highest BCUT2D eigenvalue weighted by atomic mass is 127. The van der Waals surface area contributed by atoms with E-state index in [1.165, 1.54) is 12.2 Å².